The third-order valence-corrected chi connectivity index (χ3v) is 9.26. The predicted octanol–water partition coefficient (Wildman–Crippen LogP) is 5.81. The summed E-state index contributed by atoms with van der Waals surface area (Å²) in [5.74, 6) is -3.50. The van der Waals surface area contributed by atoms with Gasteiger partial charge >= 0.3 is 18.0 Å². The van der Waals surface area contributed by atoms with E-state index in [4.69, 9.17) is 14.2 Å². The van der Waals surface area contributed by atoms with Gasteiger partial charge in [-0.3, -0.25) is 14.4 Å². The maximum Gasteiger partial charge on any atom is 0.407 e. The van der Waals surface area contributed by atoms with Crippen molar-refractivity contribution < 1.29 is 43.3 Å². The highest BCUT2D eigenvalue weighted by Crippen LogP contribution is 2.44. The maximum atomic E-state index is 13.9. The van der Waals surface area contributed by atoms with Crippen LogP contribution < -0.4 is 16.0 Å². The van der Waals surface area contributed by atoms with Crippen molar-refractivity contribution in [2.75, 3.05) is 12.4 Å². The van der Waals surface area contributed by atoms with Crippen molar-refractivity contribution in [1.82, 2.24) is 16.0 Å². The van der Waals surface area contributed by atoms with Gasteiger partial charge in [0.15, 0.2) is 6.04 Å². The van der Waals surface area contributed by atoms with E-state index in [0.29, 0.717) is 0 Å². The van der Waals surface area contributed by atoms with Gasteiger partial charge in [-0.1, -0.05) is 69.3 Å². The summed E-state index contributed by atoms with van der Waals surface area (Å²) in [6.45, 7) is 17.8. The second-order valence-electron chi connectivity index (χ2n) is 15.9. The number of carboxylic acids is 1. The summed E-state index contributed by atoms with van der Waals surface area (Å²) in [6.07, 6.45) is -2.14. The van der Waals surface area contributed by atoms with Crippen LogP contribution in [0.4, 0.5) is 4.79 Å². The molecule has 0 aliphatic heterocycles. The van der Waals surface area contributed by atoms with Crippen LogP contribution in [-0.4, -0.2) is 87.5 Å². The van der Waals surface area contributed by atoms with Crippen LogP contribution in [0.5, 0.6) is 0 Å². The Bertz CT molecular complexity index is 1550. The van der Waals surface area contributed by atoms with Crippen molar-refractivity contribution in [2.24, 2.45) is 0 Å². The molecule has 286 valence electrons. The fraction of sp³-hybridized carbons (Fsp3) is 0.564. The van der Waals surface area contributed by atoms with Gasteiger partial charge in [0.25, 0.3) is 0 Å². The van der Waals surface area contributed by atoms with Crippen LogP contribution in [0.3, 0.4) is 0 Å². The molecular weight excluding hydrogens is 687 g/mol. The van der Waals surface area contributed by atoms with E-state index in [0.717, 1.165) is 22.3 Å². The van der Waals surface area contributed by atoms with Crippen LogP contribution in [0, 0.1) is 0 Å². The number of fused-ring (bicyclic) bond motifs is 3. The number of hydrogen-bond acceptors (Lipinski definition) is 9. The molecule has 13 heteroatoms. The second kappa shape index (κ2) is 17.6. The van der Waals surface area contributed by atoms with Gasteiger partial charge in [-0.25, -0.2) is 9.59 Å². The molecule has 4 N–H and O–H groups in total. The van der Waals surface area contributed by atoms with E-state index in [-0.39, 0.29) is 35.9 Å². The van der Waals surface area contributed by atoms with E-state index in [2.05, 4.69) is 16.0 Å². The minimum absolute atomic E-state index is 0.00108. The van der Waals surface area contributed by atoms with Crippen LogP contribution in [-0.2, 0) is 33.4 Å². The zero-order valence-electron chi connectivity index (χ0n) is 32.0. The van der Waals surface area contributed by atoms with Gasteiger partial charge in [0.2, 0.25) is 11.8 Å². The van der Waals surface area contributed by atoms with Gasteiger partial charge in [0.1, 0.15) is 24.3 Å². The largest absolute Gasteiger partial charge is 0.480 e. The van der Waals surface area contributed by atoms with Gasteiger partial charge in [-0.15, -0.1) is 0 Å². The molecule has 2 aromatic rings. The van der Waals surface area contributed by atoms with E-state index in [1.165, 1.54) is 11.8 Å². The van der Waals surface area contributed by atoms with Crippen molar-refractivity contribution in [3.63, 3.8) is 0 Å². The SMILES string of the molecule is C[C@@H](OC(C)(C)C)[C@H](NC(=O)[C@@H](CSC(C)(C)C)NC(=O)[C@@H](CCC(=O)OC(C)(C)C)NC(=O)OCC1c2ccccc2-c2ccccc21)C(=O)O. The molecule has 12 nitrogen and oxygen atoms in total. The average Bonchev–Trinajstić information content (AvgIpc) is 3.33. The van der Waals surface area contributed by atoms with E-state index >= 15 is 0 Å². The molecule has 0 radical (unpaired) electrons. The summed E-state index contributed by atoms with van der Waals surface area (Å²) < 4.78 is 16.6. The molecule has 0 spiro atoms. The summed E-state index contributed by atoms with van der Waals surface area (Å²) in [5, 5.41) is 17.8. The molecule has 0 bridgehead atoms. The standard InChI is InChI=1S/C39H55N3O9S/c1-23(50-37(2,3)4)32(35(46)47)42-34(45)30(22-52-39(8,9)10)40-33(44)29(19-20-31(43)51-38(5,6)7)41-36(48)49-21-28-26-17-13-11-15-24(26)25-16-12-14-18-27(25)28/h11-18,23,28-30,32H,19-22H2,1-10H3,(H,40,44)(H,41,48)(H,42,45)(H,46,47)/t23-,29-,30-,32+/m1/s1. The number of esters is 1. The topological polar surface area (TPSA) is 169 Å². The molecule has 0 aromatic heterocycles. The van der Waals surface area contributed by atoms with Crippen molar-refractivity contribution in [1.29, 1.82) is 0 Å². The Labute approximate surface area is 311 Å². The number of carbonyl (C=O) groups is 5. The second-order valence-corrected chi connectivity index (χ2v) is 17.7. The first-order valence-corrected chi connectivity index (χ1v) is 18.5. The Morgan fingerprint density at radius 2 is 1.31 bits per heavy atom. The molecule has 2 aromatic carbocycles. The minimum Gasteiger partial charge on any atom is -0.480 e. The molecule has 52 heavy (non-hydrogen) atoms. The monoisotopic (exact) mass is 741 g/mol. The Hall–Kier alpha value is -4.10. The quantitative estimate of drug-likeness (QED) is 0.164. The fourth-order valence-electron chi connectivity index (χ4n) is 5.75. The van der Waals surface area contributed by atoms with Crippen LogP contribution in [0.2, 0.25) is 0 Å². The normalized spacial score (nSPS) is 15.3. The Kier molecular flexibility index (Phi) is 14.3. The van der Waals surface area contributed by atoms with E-state index in [1.54, 1.807) is 48.5 Å². The number of rotatable bonds is 15. The number of ether oxygens (including phenoxy) is 3. The van der Waals surface area contributed by atoms with E-state index in [9.17, 15) is 29.1 Å². The first-order chi connectivity index (χ1) is 24.0. The highest BCUT2D eigenvalue weighted by Gasteiger charge is 2.35. The van der Waals surface area contributed by atoms with Gasteiger partial charge in [-0.05, 0) is 77.1 Å². The maximum absolute atomic E-state index is 13.9. The van der Waals surface area contributed by atoms with Crippen LogP contribution in [0.1, 0.15) is 99.1 Å². The number of nitrogens with one attached hydrogen (secondary N) is 3. The lowest BCUT2D eigenvalue weighted by molar-refractivity contribution is -0.155. The lowest BCUT2D eigenvalue weighted by atomic mass is 9.98. The molecule has 0 saturated heterocycles. The lowest BCUT2D eigenvalue weighted by Gasteiger charge is -2.31. The number of hydrogen-bond donors (Lipinski definition) is 4. The predicted molar refractivity (Wildman–Crippen MR) is 201 cm³/mol. The number of alkyl carbamates (subject to hydrolysis) is 1. The summed E-state index contributed by atoms with van der Waals surface area (Å²) >= 11 is 1.39. The van der Waals surface area contributed by atoms with Crippen LogP contribution >= 0.6 is 11.8 Å². The first-order valence-electron chi connectivity index (χ1n) is 17.5. The summed E-state index contributed by atoms with van der Waals surface area (Å²) in [5.41, 5.74) is 2.70. The molecule has 0 heterocycles. The molecular formula is C39H55N3O9S. The molecule has 0 unspecified atom stereocenters. The average molecular weight is 742 g/mol. The highest BCUT2D eigenvalue weighted by atomic mass is 32.2. The summed E-state index contributed by atoms with van der Waals surface area (Å²) in [6, 6.07) is 11.9. The minimum atomic E-state index is -1.41. The third kappa shape index (κ3) is 13.1. The van der Waals surface area contributed by atoms with Crippen molar-refractivity contribution in [2.45, 2.75) is 128 Å². The molecule has 0 saturated carbocycles. The number of benzene rings is 2. The Morgan fingerprint density at radius 3 is 1.81 bits per heavy atom. The molecule has 1 aliphatic carbocycles. The van der Waals surface area contributed by atoms with Crippen LogP contribution in [0.15, 0.2) is 48.5 Å². The zero-order chi connectivity index (χ0) is 39.0. The number of thioether (sulfide) groups is 1. The summed E-state index contributed by atoms with van der Waals surface area (Å²) in [4.78, 5) is 65.7. The van der Waals surface area contributed by atoms with E-state index < -0.39 is 65.3 Å². The molecule has 3 rings (SSSR count). The van der Waals surface area contributed by atoms with Gasteiger partial charge in [0, 0.05) is 22.8 Å². The lowest BCUT2D eigenvalue weighted by Crippen LogP contribution is -2.59. The molecule has 0 fully saturated rings. The Morgan fingerprint density at radius 1 is 0.769 bits per heavy atom. The number of amides is 3. The summed E-state index contributed by atoms with van der Waals surface area (Å²) in [7, 11) is 0. The van der Waals surface area contributed by atoms with Crippen LogP contribution in [0.25, 0.3) is 11.1 Å². The van der Waals surface area contributed by atoms with Crippen molar-refractivity contribution in [3.8, 4) is 11.1 Å². The number of carboxylic acid groups (broad SMARTS) is 1. The molecule has 3 amide bonds. The van der Waals surface area contributed by atoms with Gasteiger partial charge in [-0.2, -0.15) is 11.8 Å². The highest BCUT2D eigenvalue weighted by molar-refractivity contribution is 8.00. The number of aliphatic carboxylic acids is 1. The van der Waals surface area contributed by atoms with Gasteiger partial charge < -0.3 is 35.3 Å². The smallest absolute Gasteiger partial charge is 0.407 e. The Balaban J connectivity index is 1.81. The first kappa shape index (κ1) is 42.3. The van der Waals surface area contributed by atoms with Crippen molar-refractivity contribution in [3.05, 3.63) is 59.7 Å². The third-order valence-electron chi connectivity index (χ3n) is 7.90. The van der Waals surface area contributed by atoms with Crippen molar-refractivity contribution >= 4 is 41.6 Å². The van der Waals surface area contributed by atoms with Gasteiger partial charge in [0.05, 0.1) is 11.7 Å². The molecule has 1 aliphatic rings. The number of carbonyl (C=O) groups excluding carboxylic acids is 4. The van der Waals surface area contributed by atoms with E-state index in [1.807, 2.05) is 69.3 Å². The zero-order valence-corrected chi connectivity index (χ0v) is 32.8. The molecule has 4 atom stereocenters. The fourth-order valence-corrected chi connectivity index (χ4v) is 6.66.